The van der Waals surface area contributed by atoms with Crippen LogP contribution in [0.2, 0.25) is 5.02 Å². The number of carbonyl (C=O) groups is 1. The van der Waals surface area contributed by atoms with Crippen LogP contribution in [0.3, 0.4) is 0 Å². The number of aliphatic hydroxyl groups excluding tert-OH is 1. The van der Waals surface area contributed by atoms with Crippen LogP contribution >= 0.6 is 11.6 Å². The van der Waals surface area contributed by atoms with Gasteiger partial charge in [0, 0.05) is 23.5 Å². The average Bonchev–Trinajstić information content (AvgIpc) is 2.73. The highest BCUT2D eigenvalue weighted by Gasteiger charge is 2.41. The van der Waals surface area contributed by atoms with Crippen molar-refractivity contribution >= 4 is 27.6 Å². The van der Waals surface area contributed by atoms with E-state index in [4.69, 9.17) is 16.3 Å². The normalized spacial score (nSPS) is 20.4. The van der Waals surface area contributed by atoms with Gasteiger partial charge in [-0.25, -0.2) is 13.2 Å². The summed E-state index contributed by atoms with van der Waals surface area (Å²) >= 11 is 6.08. The van der Waals surface area contributed by atoms with E-state index < -0.39 is 21.4 Å². The van der Waals surface area contributed by atoms with Crippen molar-refractivity contribution in [3.63, 3.8) is 0 Å². The lowest BCUT2D eigenvalue weighted by atomic mass is 9.76. The van der Waals surface area contributed by atoms with Crippen molar-refractivity contribution in [1.29, 1.82) is 0 Å². The van der Waals surface area contributed by atoms with Crippen LogP contribution in [0, 0.1) is 5.41 Å². The fraction of sp³-hybridized carbons (Fsp3) is 0.381. The number of aliphatic hydroxyl groups is 1. The van der Waals surface area contributed by atoms with Crippen molar-refractivity contribution < 1.29 is 23.1 Å². The van der Waals surface area contributed by atoms with Crippen molar-refractivity contribution in [2.45, 2.75) is 24.2 Å². The minimum Gasteiger partial charge on any atom is -0.465 e. The highest BCUT2D eigenvalue weighted by Crippen LogP contribution is 2.36. The summed E-state index contributed by atoms with van der Waals surface area (Å²) in [5, 5.41) is 10.8. The van der Waals surface area contributed by atoms with Gasteiger partial charge in [0.2, 0.25) is 10.0 Å². The molecule has 0 radical (unpaired) electrons. The first-order valence-electron chi connectivity index (χ1n) is 9.34. The average molecular weight is 438 g/mol. The van der Waals surface area contributed by atoms with Crippen LogP contribution in [-0.2, 0) is 21.2 Å². The van der Waals surface area contributed by atoms with Crippen molar-refractivity contribution in [2.75, 3.05) is 26.8 Å². The molecule has 2 aromatic carbocycles. The zero-order valence-corrected chi connectivity index (χ0v) is 17.7. The summed E-state index contributed by atoms with van der Waals surface area (Å²) in [5.41, 5.74) is 0.335. The van der Waals surface area contributed by atoms with E-state index >= 15 is 0 Å². The number of ether oxygens (including phenoxy) is 1. The molecule has 3 rings (SSSR count). The summed E-state index contributed by atoms with van der Waals surface area (Å²) < 4.78 is 32.8. The number of piperidine rings is 1. The topological polar surface area (TPSA) is 83.9 Å². The Hall–Kier alpha value is -1.93. The molecule has 1 atom stereocenters. The lowest BCUT2D eigenvalue weighted by molar-refractivity contribution is 0.0592. The van der Waals surface area contributed by atoms with Crippen LogP contribution < -0.4 is 0 Å². The monoisotopic (exact) mass is 437 g/mol. The molecule has 1 N–H and O–H groups in total. The molecular formula is C21H24ClNO5S. The summed E-state index contributed by atoms with van der Waals surface area (Å²) in [7, 11) is -2.72. The molecule has 1 saturated heterocycles. The molecule has 0 spiro atoms. The third-order valence-electron chi connectivity index (χ3n) is 5.34. The number of rotatable bonds is 6. The first-order chi connectivity index (χ1) is 13.8. The summed E-state index contributed by atoms with van der Waals surface area (Å²) in [6, 6.07) is 13.4. The predicted octanol–water partition coefficient (Wildman–Crippen LogP) is 3.13. The lowest BCUT2D eigenvalue weighted by Crippen LogP contribution is -2.49. The smallest absolute Gasteiger partial charge is 0.339 e. The molecule has 8 heteroatoms. The molecule has 2 aromatic rings. The third kappa shape index (κ3) is 4.64. The van der Waals surface area contributed by atoms with Gasteiger partial charge in [0.1, 0.15) is 0 Å². The summed E-state index contributed by atoms with van der Waals surface area (Å²) in [6.45, 7) is 0.340. The largest absolute Gasteiger partial charge is 0.465 e. The quantitative estimate of drug-likeness (QED) is 0.702. The van der Waals surface area contributed by atoms with Crippen LogP contribution in [0.1, 0.15) is 28.8 Å². The predicted molar refractivity (Wildman–Crippen MR) is 110 cm³/mol. The molecule has 1 heterocycles. The lowest BCUT2D eigenvalue weighted by Gasteiger charge is -2.41. The van der Waals surface area contributed by atoms with Crippen LogP contribution in [0.4, 0.5) is 0 Å². The number of hydrogen-bond donors (Lipinski definition) is 1. The summed E-state index contributed by atoms with van der Waals surface area (Å²) in [6.07, 6.45) is 1.82. The highest BCUT2D eigenvalue weighted by atomic mass is 35.5. The van der Waals surface area contributed by atoms with E-state index in [1.54, 1.807) is 18.2 Å². The fourth-order valence-corrected chi connectivity index (χ4v) is 5.87. The Morgan fingerprint density at radius 3 is 2.69 bits per heavy atom. The second-order valence-corrected chi connectivity index (χ2v) is 9.74. The van der Waals surface area contributed by atoms with E-state index in [0.29, 0.717) is 30.8 Å². The van der Waals surface area contributed by atoms with Gasteiger partial charge in [-0.1, -0.05) is 35.9 Å². The van der Waals surface area contributed by atoms with Gasteiger partial charge in [0.05, 0.1) is 24.2 Å². The maximum Gasteiger partial charge on any atom is 0.339 e. The Bertz CT molecular complexity index is 994. The number of benzene rings is 2. The Morgan fingerprint density at radius 1 is 1.24 bits per heavy atom. The second kappa shape index (κ2) is 8.83. The highest BCUT2D eigenvalue weighted by molar-refractivity contribution is 7.89. The van der Waals surface area contributed by atoms with E-state index in [9.17, 15) is 18.3 Å². The van der Waals surface area contributed by atoms with Gasteiger partial charge >= 0.3 is 5.97 Å². The van der Waals surface area contributed by atoms with Crippen LogP contribution in [0.5, 0.6) is 0 Å². The maximum atomic E-state index is 13.4. The molecule has 0 saturated carbocycles. The van der Waals surface area contributed by atoms with Crippen LogP contribution in [0.25, 0.3) is 0 Å². The van der Waals surface area contributed by atoms with Crippen molar-refractivity contribution in [3.05, 3.63) is 64.7 Å². The molecule has 0 amide bonds. The van der Waals surface area contributed by atoms with Crippen LogP contribution in [0.15, 0.2) is 53.4 Å². The first-order valence-corrected chi connectivity index (χ1v) is 11.2. The minimum absolute atomic E-state index is 0.00464. The van der Waals surface area contributed by atoms with Gasteiger partial charge in [-0.2, -0.15) is 4.31 Å². The second-order valence-electron chi connectivity index (χ2n) is 7.39. The molecule has 1 unspecified atom stereocenters. The number of hydrogen-bond acceptors (Lipinski definition) is 5. The van der Waals surface area contributed by atoms with E-state index in [0.717, 1.165) is 5.56 Å². The van der Waals surface area contributed by atoms with Crippen molar-refractivity contribution in [3.8, 4) is 0 Å². The van der Waals surface area contributed by atoms with Gasteiger partial charge in [-0.15, -0.1) is 0 Å². The Balaban J connectivity index is 1.92. The molecule has 1 aliphatic heterocycles. The van der Waals surface area contributed by atoms with Gasteiger partial charge in [0.25, 0.3) is 0 Å². The zero-order chi connectivity index (χ0) is 21.1. The van der Waals surface area contributed by atoms with Gasteiger partial charge in [-0.3, -0.25) is 0 Å². The van der Waals surface area contributed by atoms with E-state index in [1.807, 2.05) is 18.2 Å². The Labute approximate surface area is 176 Å². The fourth-order valence-electron chi connectivity index (χ4n) is 3.89. The first kappa shape index (κ1) is 21.8. The standard InChI is InChI=1S/C21H24ClNO5S/c1-28-20(25)18-8-2-3-9-19(18)29(26,27)23-11-5-10-21(14-23,15-24)13-16-6-4-7-17(22)12-16/h2-4,6-9,12,24H,5,10-11,13-15H2,1H3. The maximum absolute atomic E-state index is 13.4. The molecule has 6 nitrogen and oxygen atoms in total. The molecule has 1 aliphatic rings. The molecule has 156 valence electrons. The van der Waals surface area contributed by atoms with E-state index in [-0.39, 0.29) is 23.6 Å². The van der Waals surface area contributed by atoms with Gasteiger partial charge < -0.3 is 9.84 Å². The number of sulfonamides is 1. The van der Waals surface area contributed by atoms with E-state index in [2.05, 4.69) is 0 Å². The minimum atomic E-state index is -3.93. The molecule has 29 heavy (non-hydrogen) atoms. The molecular weight excluding hydrogens is 414 g/mol. The van der Waals surface area contributed by atoms with Gasteiger partial charge in [0.15, 0.2) is 0 Å². The third-order valence-corrected chi connectivity index (χ3v) is 7.48. The number of methoxy groups -OCH3 is 1. The summed E-state index contributed by atoms with van der Waals surface area (Å²) in [4.78, 5) is 12.0. The van der Waals surface area contributed by atoms with E-state index in [1.165, 1.54) is 23.5 Å². The Kier molecular flexibility index (Phi) is 6.63. The number of esters is 1. The summed E-state index contributed by atoms with van der Waals surface area (Å²) in [5.74, 6) is -0.700. The number of nitrogens with zero attached hydrogens (tertiary/aromatic N) is 1. The van der Waals surface area contributed by atoms with Gasteiger partial charge in [-0.05, 0) is 49.1 Å². The Morgan fingerprint density at radius 2 is 2.00 bits per heavy atom. The molecule has 1 fully saturated rings. The molecule has 0 aromatic heterocycles. The number of carbonyl (C=O) groups excluding carboxylic acids is 1. The zero-order valence-electron chi connectivity index (χ0n) is 16.2. The molecule has 0 aliphatic carbocycles. The number of halogens is 1. The van der Waals surface area contributed by atoms with Crippen molar-refractivity contribution in [1.82, 2.24) is 4.31 Å². The van der Waals surface area contributed by atoms with Crippen molar-refractivity contribution in [2.24, 2.45) is 5.41 Å². The SMILES string of the molecule is COC(=O)c1ccccc1S(=O)(=O)N1CCCC(CO)(Cc2cccc(Cl)c2)C1. The molecule has 0 bridgehead atoms. The van der Waals surface area contributed by atoms with Crippen LogP contribution in [-0.4, -0.2) is 50.6 Å².